The van der Waals surface area contributed by atoms with Crippen LogP contribution in [0.5, 0.6) is 0 Å². The largest absolute Gasteiger partial charge is 0.370 e. The lowest BCUT2D eigenvalue weighted by Gasteiger charge is -2.18. The monoisotopic (exact) mass is 338 g/mol. The van der Waals surface area contributed by atoms with Gasteiger partial charge in [-0.25, -0.2) is 4.98 Å². The van der Waals surface area contributed by atoms with Crippen LogP contribution < -0.4 is 5.32 Å². The Morgan fingerprint density at radius 3 is 3.08 bits per heavy atom. The first-order valence-corrected chi connectivity index (χ1v) is 9.10. The zero-order chi connectivity index (χ0) is 17.2. The molecule has 0 spiro atoms. The summed E-state index contributed by atoms with van der Waals surface area (Å²) in [5, 5.41) is 4.98. The molecule has 1 aliphatic heterocycles. The molecule has 1 aromatic carbocycles. The predicted octanol–water partition coefficient (Wildman–Crippen LogP) is 3.12. The topological polar surface area (TPSA) is 54.9 Å². The van der Waals surface area contributed by atoms with Crippen molar-refractivity contribution in [3.63, 3.8) is 0 Å². The van der Waals surface area contributed by atoms with Crippen LogP contribution in [0.2, 0.25) is 0 Å². The number of para-hydroxylation sites is 1. The van der Waals surface area contributed by atoms with Gasteiger partial charge < -0.3 is 19.6 Å². The first kappa shape index (κ1) is 16.4. The molecule has 1 saturated heterocycles. The number of benzene rings is 1. The molecule has 0 amide bonds. The van der Waals surface area contributed by atoms with Gasteiger partial charge in [-0.15, -0.1) is 0 Å². The number of nitrogens with zero attached hydrogens (tertiary/aromatic N) is 2. The van der Waals surface area contributed by atoms with Crippen molar-refractivity contribution in [2.45, 2.75) is 25.9 Å². The molecular formula is C20H26N4O. The molecule has 3 heterocycles. The highest BCUT2D eigenvalue weighted by molar-refractivity contribution is 5.84. The molecular weight excluding hydrogens is 312 g/mol. The Bertz CT molecular complexity index is 850. The Morgan fingerprint density at radius 1 is 1.36 bits per heavy atom. The van der Waals surface area contributed by atoms with Gasteiger partial charge in [-0.2, -0.15) is 0 Å². The molecule has 0 radical (unpaired) electrons. The molecule has 5 heteroatoms. The number of ether oxygens (including phenoxy) is 1. The summed E-state index contributed by atoms with van der Waals surface area (Å²) in [5.74, 6) is 1.53. The molecule has 1 aliphatic rings. The SMILES string of the molecule is Cc1[nH]c2ccccc2c1CCNC[C@@H]1CCO[C@H]1c1nccn1C. The van der Waals surface area contributed by atoms with Crippen molar-refractivity contribution < 1.29 is 4.74 Å². The molecule has 0 saturated carbocycles. The molecule has 132 valence electrons. The van der Waals surface area contributed by atoms with E-state index in [-0.39, 0.29) is 6.10 Å². The lowest BCUT2D eigenvalue weighted by molar-refractivity contribution is 0.0812. The van der Waals surface area contributed by atoms with Crippen LogP contribution in [0.4, 0.5) is 0 Å². The van der Waals surface area contributed by atoms with E-state index in [1.165, 1.54) is 22.2 Å². The minimum absolute atomic E-state index is 0.113. The highest BCUT2D eigenvalue weighted by Crippen LogP contribution is 2.32. The first-order valence-electron chi connectivity index (χ1n) is 9.10. The third kappa shape index (κ3) is 3.22. The van der Waals surface area contributed by atoms with E-state index in [0.717, 1.165) is 38.4 Å². The van der Waals surface area contributed by atoms with E-state index >= 15 is 0 Å². The van der Waals surface area contributed by atoms with Crippen LogP contribution in [-0.4, -0.2) is 34.2 Å². The fraction of sp³-hybridized carbons (Fsp3) is 0.450. The summed E-state index contributed by atoms with van der Waals surface area (Å²) in [6.07, 6.45) is 6.08. The maximum Gasteiger partial charge on any atom is 0.137 e. The number of nitrogens with one attached hydrogen (secondary N) is 2. The summed E-state index contributed by atoms with van der Waals surface area (Å²) >= 11 is 0. The van der Waals surface area contributed by atoms with Crippen molar-refractivity contribution in [2.75, 3.05) is 19.7 Å². The van der Waals surface area contributed by atoms with E-state index in [0.29, 0.717) is 5.92 Å². The van der Waals surface area contributed by atoms with Crippen LogP contribution in [0.3, 0.4) is 0 Å². The van der Waals surface area contributed by atoms with Crippen molar-refractivity contribution in [1.82, 2.24) is 19.9 Å². The lowest BCUT2D eigenvalue weighted by Crippen LogP contribution is -2.27. The second-order valence-electron chi connectivity index (χ2n) is 6.96. The molecule has 0 bridgehead atoms. The summed E-state index contributed by atoms with van der Waals surface area (Å²) < 4.78 is 8.01. The second-order valence-corrected chi connectivity index (χ2v) is 6.96. The molecule has 5 nitrogen and oxygen atoms in total. The number of fused-ring (bicyclic) bond motifs is 1. The lowest BCUT2D eigenvalue weighted by atomic mass is 10.0. The van der Waals surface area contributed by atoms with Crippen LogP contribution in [0, 0.1) is 12.8 Å². The fourth-order valence-corrected chi connectivity index (χ4v) is 3.94. The van der Waals surface area contributed by atoms with Crippen LogP contribution in [0.15, 0.2) is 36.7 Å². The van der Waals surface area contributed by atoms with E-state index in [1.807, 2.05) is 19.4 Å². The smallest absolute Gasteiger partial charge is 0.137 e. The normalized spacial score (nSPS) is 20.6. The van der Waals surface area contributed by atoms with Gasteiger partial charge >= 0.3 is 0 Å². The molecule has 0 aliphatic carbocycles. The van der Waals surface area contributed by atoms with Gasteiger partial charge in [0.25, 0.3) is 0 Å². The number of aromatic amines is 1. The summed E-state index contributed by atoms with van der Waals surface area (Å²) in [6.45, 7) is 4.94. The van der Waals surface area contributed by atoms with Crippen molar-refractivity contribution >= 4 is 10.9 Å². The third-order valence-corrected chi connectivity index (χ3v) is 5.31. The summed E-state index contributed by atoms with van der Waals surface area (Å²) in [4.78, 5) is 7.95. The van der Waals surface area contributed by atoms with E-state index in [9.17, 15) is 0 Å². The third-order valence-electron chi connectivity index (χ3n) is 5.31. The minimum Gasteiger partial charge on any atom is -0.370 e. The first-order chi connectivity index (χ1) is 12.2. The number of H-pyrrole nitrogens is 1. The highest BCUT2D eigenvalue weighted by atomic mass is 16.5. The van der Waals surface area contributed by atoms with Crippen molar-refractivity contribution in [3.05, 3.63) is 53.7 Å². The Hall–Kier alpha value is -2.11. The zero-order valence-electron chi connectivity index (χ0n) is 15.0. The maximum absolute atomic E-state index is 5.94. The van der Waals surface area contributed by atoms with E-state index in [2.05, 4.69) is 51.0 Å². The predicted molar refractivity (Wildman–Crippen MR) is 99.6 cm³/mol. The zero-order valence-corrected chi connectivity index (χ0v) is 15.0. The van der Waals surface area contributed by atoms with Crippen molar-refractivity contribution in [1.29, 1.82) is 0 Å². The van der Waals surface area contributed by atoms with Crippen LogP contribution in [0.1, 0.15) is 29.6 Å². The Labute approximate surface area is 148 Å². The second kappa shape index (κ2) is 7.02. The van der Waals surface area contributed by atoms with Gasteiger partial charge in [0.1, 0.15) is 11.9 Å². The molecule has 0 unspecified atom stereocenters. The van der Waals surface area contributed by atoms with E-state index in [4.69, 9.17) is 4.74 Å². The average molecular weight is 338 g/mol. The van der Waals surface area contributed by atoms with E-state index in [1.54, 1.807) is 0 Å². The van der Waals surface area contributed by atoms with Gasteiger partial charge in [0.15, 0.2) is 0 Å². The van der Waals surface area contributed by atoms with Crippen LogP contribution in [-0.2, 0) is 18.2 Å². The number of hydrogen-bond acceptors (Lipinski definition) is 3. The van der Waals surface area contributed by atoms with Gasteiger partial charge in [-0.3, -0.25) is 0 Å². The fourth-order valence-electron chi connectivity index (χ4n) is 3.94. The summed E-state index contributed by atoms with van der Waals surface area (Å²) in [6, 6.07) is 8.54. The number of aromatic nitrogens is 3. The van der Waals surface area contributed by atoms with Gasteiger partial charge in [0.05, 0.1) is 0 Å². The number of hydrogen-bond donors (Lipinski definition) is 2. The number of rotatable bonds is 6. The number of aryl methyl sites for hydroxylation is 2. The van der Waals surface area contributed by atoms with Crippen LogP contribution in [0.25, 0.3) is 10.9 Å². The molecule has 3 aromatic rings. The highest BCUT2D eigenvalue weighted by Gasteiger charge is 2.31. The standard InChI is InChI=1S/C20H26N4O/c1-14-16(17-5-3-4-6-18(17)23-14)7-9-21-13-15-8-12-25-19(15)20-22-10-11-24(20)2/h3-6,10-11,15,19,21,23H,7-9,12-13H2,1-2H3/t15-,19+/m0/s1. The summed E-state index contributed by atoms with van der Waals surface area (Å²) in [7, 11) is 2.04. The van der Waals surface area contributed by atoms with Gasteiger partial charge in [-0.1, -0.05) is 18.2 Å². The quantitative estimate of drug-likeness (QED) is 0.679. The molecule has 2 atom stereocenters. The molecule has 25 heavy (non-hydrogen) atoms. The van der Waals surface area contributed by atoms with Gasteiger partial charge in [0.2, 0.25) is 0 Å². The molecule has 1 fully saturated rings. The van der Waals surface area contributed by atoms with Gasteiger partial charge in [0, 0.05) is 55.1 Å². The van der Waals surface area contributed by atoms with E-state index < -0.39 is 0 Å². The van der Waals surface area contributed by atoms with Crippen molar-refractivity contribution in [2.24, 2.45) is 13.0 Å². The summed E-state index contributed by atoms with van der Waals surface area (Å²) in [5.41, 5.74) is 3.93. The molecule has 2 aromatic heterocycles. The average Bonchev–Trinajstić information content (AvgIpc) is 3.30. The Kier molecular flexibility index (Phi) is 4.59. The van der Waals surface area contributed by atoms with Crippen LogP contribution >= 0.6 is 0 Å². The Balaban J connectivity index is 1.35. The molecule has 4 rings (SSSR count). The van der Waals surface area contributed by atoms with Gasteiger partial charge in [-0.05, 0) is 37.9 Å². The van der Waals surface area contributed by atoms with Crippen molar-refractivity contribution in [3.8, 4) is 0 Å². The number of imidazole rings is 1. The molecule has 2 N–H and O–H groups in total. The minimum atomic E-state index is 0.113. The Morgan fingerprint density at radius 2 is 2.24 bits per heavy atom. The maximum atomic E-state index is 5.94.